The number of carbonyl (C=O) groups is 1. The lowest BCUT2D eigenvalue weighted by atomic mass is 10.1. The standard InChI is InChI=1S/C19H19BrN4O2/c1-26-19(25)14-4-2-3-13(9-14)10-21-15-7-8-16-18(17(15)20)22-23-24(16)11-12-5-6-12/h2-4,7-9,12,21H,5-6,10-11H2,1H3. The SMILES string of the molecule is COC(=O)c1cccc(CNc2ccc3c(nnn3CC3CC3)c2Br)c1. The molecule has 134 valence electrons. The van der Waals surface area contributed by atoms with Gasteiger partial charge in [-0.05, 0) is 64.5 Å². The molecule has 0 aliphatic heterocycles. The van der Waals surface area contributed by atoms with E-state index in [2.05, 4.69) is 37.6 Å². The number of carbonyl (C=O) groups excluding carboxylic acids is 1. The number of halogens is 1. The van der Waals surface area contributed by atoms with E-state index in [1.807, 2.05) is 28.9 Å². The molecule has 3 aromatic rings. The van der Waals surface area contributed by atoms with E-state index in [-0.39, 0.29) is 5.97 Å². The van der Waals surface area contributed by atoms with Crippen molar-refractivity contribution < 1.29 is 9.53 Å². The van der Waals surface area contributed by atoms with Gasteiger partial charge in [-0.3, -0.25) is 0 Å². The van der Waals surface area contributed by atoms with Crippen LogP contribution in [0.25, 0.3) is 11.0 Å². The molecule has 1 aromatic heterocycles. The predicted molar refractivity (Wildman–Crippen MR) is 103 cm³/mol. The fourth-order valence-corrected chi connectivity index (χ4v) is 3.50. The Morgan fingerprint density at radius 3 is 2.96 bits per heavy atom. The van der Waals surface area contributed by atoms with Gasteiger partial charge in [0.2, 0.25) is 0 Å². The van der Waals surface area contributed by atoms with Gasteiger partial charge in [-0.1, -0.05) is 17.3 Å². The maximum Gasteiger partial charge on any atom is 0.337 e. The molecule has 26 heavy (non-hydrogen) atoms. The highest BCUT2D eigenvalue weighted by atomic mass is 79.9. The van der Waals surface area contributed by atoms with Crippen molar-refractivity contribution in [2.75, 3.05) is 12.4 Å². The molecule has 7 heteroatoms. The van der Waals surface area contributed by atoms with Gasteiger partial charge in [-0.2, -0.15) is 0 Å². The number of anilines is 1. The molecule has 0 amide bonds. The normalized spacial score (nSPS) is 13.8. The minimum absolute atomic E-state index is 0.332. The zero-order valence-electron chi connectivity index (χ0n) is 14.4. The van der Waals surface area contributed by atoms with Crippen LogP contribution in [0.5, 0.6) is 0 Å². The lowest BCUT2D eigenvalue weighted by molar-refractivity contribution is 0.0600. The highest BCUT2D eigenvalue weighted by Gasteiger charge is 2.23. The molecule has 6 nitrogen and oxygen atoms in total. The second-order valence-corrected chi connectivity index (χ2v) is 7.35. The van der Waals surface area contributed by atoms with Crippen molar-refractivity contribution in [2.45, 2.75) is 25.9 Å². The van der Waals surface area contributed by atoms with Gasteiger partial charge >= 0.3 is 5.97 Å². The Kier molecular flexibility index (Phi) is 4.63. The Hall–Kier alpha value is -2.41. The maximum atomic E-state index is 11.7. The van der Waals surface area contributed by atoms with Crippen molar-refractivity contribution in [1.82, 2.24) is 15.0 Å². The quantitative estimate of drug-likeness (QED) is 0.617. The Balaban J connectivity index is 1.52. The number of nitrogens with zero attached hydrogens (tertiary/aromatic N) is 3. The average molecular weight is 415 g/mol. The lowest BCUT2D eigenvalue weighted by Crippen LogP contribution is -2.05. The van der Waals surface area contributed by atoms with Gasteiger partial charge in [0.1, 0.15) is 5.52 Å². The van der Waals surface area contributed by atoms with Crippen molar-refractivity contribution >= 4 is 38.6 Å². The largest absolute Gasteiger partial charge is 0.465 e. The number of rotatable bonds is 6. The summed E-state index contributed by atoms with van der Waals surface area (Å²) in [5, 5.41) is 12.0. The third kappa shape index (κ3) is 3.44. The monoisotopic (exact) mass is 414 g/mol. The number of nitrogens with one attached hydrogen (secondary N) is 1. The number of fused-ring (bicyclic) bond motifs is 1. The Labute approximate surface area is 159 Å². The number of aromatic nitrogens is 3. The number of methoxy groups -OCH3 is 1. The predicted octanol–water partition coefficient (Wildman–Crippen LogP) is 4.00. The smallest absolute Gasteiger partial charge is 0.337 e. The summed E-state index contributed by atoms with van der Waals surface area (Å²) in [6.07, 6.45) is 2.57. The first kappa shape index (κ1) is 17.0. The van der Waals surface area contributed by atoms with Gasteiger partial charge in [0.25, 0.3) is 0 Å². The number of esters is 1. The van der Waals surface area contributed by atoms with Crippen LogP contribution in [0.15, 0.2) is 40.9 Å². The first-order valence-corrected chi connectivity index (χ1v) is 9.38. The van der Waals surface area contributed by atoms with Crippen LogP contribution in [0, 0.1) is 5.92 Å². The molecular formula is C19H19BrN4O2. The fourth-order valence-electron chi connectivity index (χ4n) is 2.94. The van der Waals surface area contributed by atoms with Crippen molar-refractivity contribution in [1.29, 1.82) is 0 Å². The third-order valence-corrected chi connectivity index (χ3v) is 5.39. The molecule has 1 aliphatic carbocycles. The van der Waals surface area contributed by atoms with Gasteiger partial charge in [0.15, 0.2) is 0 Å². The van der Waals surface area contributed by atoms with Gasteiger partial charge in [-0.15, -0.1) is 5.10 Å². The van der Waals surface area contributed by atoms with Crippen LogP contribution >= 0.6 is 15.9 Å². The number of hydrogen-bond acceptors (Lipinski definition) is 5. The molecule has 2 aromatic carbocycles. The van der Waals surface area contributed by atoms with Crippen molar-refractivity contribution in [2.24, 2.45) is 5.92 Å². The van der Waals surface area contributed by atoms with Crippen LogP contribution in [0.4, 0.5) is 5.69 Å². The minimum Gasteiger partial charge on any atom is -0.465 e. The van der Waals surface area contributed by atoms with E-state index in [0.29, 0.717) is 12.1 Å². The molecule has 0 saturated heterocycles. The van der Waals surface area contributed by atoms with Crippen LogP contribution < -0.4 is 5.32 Å². The number of benzene rings is 2. The molecule has 0 atom stereocenters. The second-order valence-electron chi connectivity index (χ2n) is 6.56. The highest BCUT2D eigenvalue weighted by Crippen LogP contribution is 2.34. The van der Waals surface area contributed by atoms with Crippen LogP contribution in [0.2, 0.25) is 0 Å². The van der Waals surface area contributed by atoms with Crippen LogP contribution in [0.1, 0.15) is 28.8 Å². The van der Waals surface area contributed by atoms with Crippen LogP contribution in [-0.4, -0.2) is 28.1 Å². The van der Waals surface area contributed by atoms with Crippen molar-refractivity contribution in [3.63, 3.8) is 0 Å². The molecule has 1 saturated carbocycles. The van der Waals surface area contributed by atoms with Crippen molar-refractivity contribution in [3.05, 3.63) is 52.0 Å². The summed E-state index contributed by atoms with van der Waals surface area (Å²) in [5.74, 6) is 0.417. The molecule has 4 rings (SSSR count). The summed E-state index contributed by atoms with van der Waals surface area (Å²) in [6.45, 7) is 1.53. The molecule has 0 unspecified atom stereocenters. The second kappa shape index (κ2) is 7.07. The summed E-state index contributed by atoms with van der Waals surface area (Å²) in [4.78, 5) is 11.7. The minimum atomic E-state index is -0.332. The molecule has 1 heterocycles. The summed E-state index contributed by atoms with van der Waals surface area (Å²) in [7, 11) is 1.38. The zero-order chi connectivity index (χ0) is 18.1. The summed E-state index contributed by atoms with van der Waals surface area (Å²) >= 11 is 3.65. The van der Waals surface area contributed by atoms with E-state index in [1.165, 1.54) is 20.0 Å². The Bertz CT molecular complexity index is 965. The van der Waals surface area contributed by atoms with E-state index in [1.54, 1.807) is 6.07 Å². The molecule has 0 radical (unpaired) electrons. The van der Waals surface area contributed by atoms with Crippen LogP contribution in [0.3, 0.4) is 0 Å². The van der Waals surface area contributed by atoms with Gasteiger partial charge in [0.05, 0.1) is 28.4 Å². The zero-order valence-corrected chi connectivity index (χ0v) is 16.0. The van der Waals surface area contributed by atoms with E-state index in [4.69, 9.17) is 4.74 Å². The molecule has 1 aliphatic rings. The summed E-state index contributed by atoms with van der Waals surface area (Å²) in [6, 6.07) is 11.5. The van der Waals surface area contributed by atoms with E-state index in [0.717, 1.165) is 39.2 Å². The Morgan fingerprint density at radius 2 is 2.19 bits per heavy atom. The van der Waals surface area contributed by atoms with Crippen LogP contribution in [-0.2, 0) is 17.8 Å². The third-order valence-electron chi connectivity index (χ3n) is 4.58. The van der Waals surface area contributed by atoms with Crippen molar-refractivity contribution in [3.8, 4) is 0 Å². The molecule has 1 fully saturated rings. The van der Waals surface area contributed by atoms with Gasteiger partial charge in [0, 0.05) is 13.1 Å². The lowest BCUT2D eigenvalue weighted by Gasteiger charge is -2.10. The average Bonchev–Trinajstić information content (AvgIpc) is 3.39. The summed E-state index contributed by atoms with van der Waals surface area (Å²) < 4.78 is 7.66. The molecule has 0 bridgehead atoms. The van der Waals surface area contributed by atoms with Gasteiger partial charge in [-0.25, -0.2) is 9.48 Å². The first-order valence-electron chi connectivity index (χ1n) is 8.58. The molecule has 1 N–H and O–H groups in total. The van der Waals surface area contributed by atoms with Gasteiger partial charge < -0.3 is 10.1 Å². The molecule has 0 spiro atoms. The van der Waals surface area contributed by atoms with E-state index >= 15 is 0 Å². The van der Waals surface area contributed by atoms with E-state index < -0.39 is 0 Å². The topological polar surface area (TPSA) is 69.0 Å². The van der Waals surface area contributed by atoms with E-state index in [9.17, 15) is 4.79 Å². The molecular weight excluding hydrogens is 396 g/mol. The summed E-state index contributed by atoms with van der Waals surface area (Å²) in [5.41, 5.74) is 4.39. The maximum absolute atomic E-state index is 11.7. The number of hydrogen-bond donors (Lipinski definition) is 1. The number of ether oxygens (including phenoxy) is 1. The Morgan fingerprint density at radius 1 is 1.35 bits per heavy atom. The fraction of sp³-hybridized carbons (Fsp3) is 0.316. The highest BCUT2D eigenvalue weighted by molar-refractivity contribution is 9.10. The first-order chi connectivity index (χ1) is 12.7.